The van der Waals surface area contributed by atoms with Crippen LogP contribution in [0, 0.1) is 0 Å². The summed E-state index contributed by atoms with van der Waals surface area (Å²) in [6.07, 6.45) is 3.83. The minimum Gasteiger partial charge on any atom is -0.495 e. The Balaban J connectivity index is 1.56. The van der Waals surface area contributed by atoms with Gasteiger partial charge in [0, 0.05) is 11.9 Å². The minimum absolute atomic E-state index is 0.287. The van der Waals surface area contributed by atoms with E-state index >= 15 is 0 Å². The number of anilines is 4. The first kappa shape index (κ1) is 24.4. The highest BCUT2D eigenvalue weighted by Gasteiger charge is 2.18. The zero-order valence-corrected chi connectivity index (χ0v) is 21.1. The molecule has 0 amide bonds. The van der Waals surface area contributed by atoms with Gasteiger partial charge in [-0.3, -0.25) is 0 Å². The van der Waals surface area contributed by atoms with E-state index in [0.717, 1.165) is 37.4 Å². The predicted octanol–water partition coefficient (Wildman–Crippen LogP) is 3.99. The molecule has 11 heteroatoms. The number of methoxy groups -OCH3 is 1. The molecule has 2 heterocycles. The van der Waals surface area contributed by atoms with Crippen LogP contribution in [0.3, 0.4) is 0 Å². The van der Waals surface area contributed by atoms with Crippen LogP contribution in [0.1, 0.15) is 29.9 Å². The van der Waals surface area contributed by atoms with Gasteiger partial charge in [-0.2, -0.15) is 4.98 Å². The number of nitrogens with zero attached hydrogens (tertiary/aromatic N) is 2. The van der Waals surface area contributed by atoms with Crippen molar-refractivity contribution >= 4 is 49.1 Å². The third kappa shape index (κ3) is 6.23. The smallest absolute Gasteiger partial charge is 0.229 e. The quantitative estimate of drug-likeness (QED) is 0.333. The molecule has 1 fully saturated rings. The van der Waals surface area contributed by atoms with Gasteiger partial charge in [0.15, 0.2) is 0 Å². The fourth-order valence-electron chi connectivity index (χ4n) is 3.97. The molecule has 0 saturated carbocycles. The summed E-state index contributed by atoms with van der Waals surface area (Å²) in [7, 11) is -2.04. The fourth-order valence-corrected chi connectivity index (χ4v) is 4.94. The lowest BCUT2D eigenvalue weighted by molar-refractivity contribution is 0.413. The summed E-state index contributed by atoms with van der Waals surface area (Å²) in [4.78, 5) is 8.92. The molecule has 1 aliphatic heterocycles. The maximum absolute atomic E-state index is 11.6. The van der Waals surface area contributed by atoms with Crippen molar-refractivity contribution in [3.63, 3.8) is 0 Å². The number of primary sulfonamides is 1. The molecular formula is C23H27BrN6O3S. The van der Waals surface area contributed by atoms with Crippen LogP contribution in [-0.4, -0.2) is 38.6 Å². The van der Waals surface area contributed by atoms with Crippen molar-refractivity contribution < 1.29 is 13.2 Å². The van der Waals surface area contributed by atoms with Crippen LogP contribution in [0.4, 0.5) is 23.1 Å². The Kier molecular flexibility index (Phi) is 7.67. The van der Waals surface area contributed by atoms with Gasteiger partial charge in [-0.15, -0.1) is 0 Å². The van der Waals surface area contributed by atoms with Crippen molar-refractivity contribution in [3.05, 3.63) is 64.3 Å². The minimum atomic E-state index is -3.68. The lowest BCUT2D eigenvalue weighted by Crippen LogP contribution is -2.26. The number of para-hydroxylation sites is 1. The Morgan fingerprint density at radius 2 is 1.91 bits per heavy atom. The van der Waals surface area contributed by atoms with Gasteiger partial charge >= 0.3 is 0 Å². The van der Waals surface area contributed by atoms with Crippen molar-refractivity contribution in [3.8, 4) is 5.75 Å². The molecule has 4 rings (SSSR count). The van der Waals surface area contributed by atoms with Crippen molar-refractivity contribution in [2.24, 2.45) is 5.14 Å². The van der Waals surface area contributed by atoms with Gasteiger partial charge < -0.3 is 20.7 Å². The standard InChI is InChI=1S/C23H27BrN6O3S/c1-33-21-12-16(15-8-10-26-11-9-15)6-7-20(21)29-23-27-13-18(24)22(30-23)28-19-5-3-2-4-17(19)14-34(25,31)32/h2-7,12-13,15,26H,8-11,14H2,1H3,(H2,25,31,32)(H2,27,28,29,30). The van der Waals surface area contributed by atoms with E-state index in [1.807, 2.05) is 6.07 Å². The molecule has 0 radical (unpaired) electrons. The van der Waals surface area contributed by atoms with Gasteiger partial charge in [0.1, 0.15) is 11.6 Å². The largest absolute Gasteiger partial charge is 0.495 e. The molecule has 0 unspecified atom stereocenters. The van der Waals surface area contributed by atoms with E-state index in [1.165, 1.54) is 5.56 Å². The highest BCUT2D eigenvalue weighted by atomic mass is 79.9. The SMILES string of the molecule is COc1cc(C2CCNCC2)ccc1Nc1ncc(Br)c(Nc2ccccc2CS(N)(=O)=O)n1. The third-order valence-electron chi connectivity index (χ3n) is 5.65. The highest BCUT2D eigenvalue weighted by molar-refractivity contribution is 9.10. The summed E-state index contributed by atoms with van der Waals surface area (Å²) >= 11 is 3.45. The first-order chi connectivity index (χ1) is 16.3. The summed E-state index contributed by atoms with van der Waals surface area (Å²) < 4.78 is 29.5. The second-order valence-corrected chi connectivity index (χ2v) is 10.6. The number of sulfonamides is 1. The molecule has 180 valence electrons. The number of rotatable bonds is 8. The van der Waals surface area contributed by atoms with Crippen molar-refractivity contribution in [1.29, 1.82) is 0 Å². The Hall–Kier alpha value is -2.73. The maximum Gasteiger partial charge on any atom is 0.229 e. The fraction of sp³-hybridized carbons (Fsp3) is 0.304. The number of benzene rings is 2. The number of aromatic nitrogens is 2. The summed E-state index contributed by atoms with van der Waals surface area (Å²) in [6, 6.07) is 13.2. The van der Waals surface area contributed by atoms with E-state index < -0.39 is 10.0 Å². The average molecular weight is 547 g/mol. The topological polar surface area (TPSA) is 131 Å². The van der Waals surface area contributed by atoms with Crippen LogP contribution < -0.4 is 25.8 Å². The zero-order chi connectivity index (χ0) is 24.1. The van der Waals surface area contributed by atoms with Crippen molar-refractivity contribution in [2.45, 2.75) is 24.5 Å². The normalized spacial score (nSPS) is 14.6. The predicted molar refractivity (Wildman–Crippen MR) is 137 cm³/mol. The molecule has 5 N–H and O–H groups in total. The molecule has 0 aliphatic carbocycles. The molecule has 34 heavy (non-hydrogen) atoms. The molecular weight excluding hydrogens is 520 g/mol. The molecule has 1 aromatic heterocycles. The Morgan fingerprint density at radius 3 is 2.65 bits per heavy atom. The van der Waals surface area contributed by atoms with Gasteiger partial charge in [0.25, 0.3) is 0 Å². The number of hydrogen-bond donors (Lipinski definition) is 4. The molecule has 1 saturated heterocycles. The molecule has 9 nitrogen and oxygen atoms in total. The molecule has 3 aromatic rings. The summed E-state index contributed by atoms with van der Waals surface area (Å²) in [5.41, 5.74) is 3.14. The molecule has 0 spiro atoms. The van der Waals surface area contributed by atoms with Crippen LogP contribution >= 0.6 is 15.9 Å². The third-order valence-corrected chi connectivity index (χ3v) is 6.95. The number of halogens is 1. The number of nitrogens with one attached hydrogen (secondary N) is 3. The molecule has 0 bridgehead atoms. The average Bonchev–Trinajstić information content (AvgIpc) is 2.82. The van der Waals surface area contributed by atoms with Gasteiger partial charge in [-0.1, -0.05) is 24.3 Å². The Morgan fingerprint density at radius 1 is 1.15 bits per heavy atom. The highest BCUT2D eigenvalue weighted by Crippen LogP contribution is 2.34. The summed E-state index contributed by atoms with van der Waals surface area (Å²) in [5.74, 6) is 1.79. The maximum atomic E-state index is 11.6. The van der Waals surface area contributed by atoms with Gasteiger partial charge in [0.05, 0.1) is 23.0 Å². The number of piperidine rings is 1. The lowest BCUT2D eigenvalue weighted by Gasteiger charge is -2.24. The molecule has 0 atom stereocenters. The van der Waals surface area contributed by atoms with Crippen molar-refractivity contribution in [1.82, 2.24) is 15.3 Å². The first-order valence-corrected chi connectivity index (χ1v) is 13.4. The monoisotopic (exact) mass is 546 g/mol. The van der Waals surface area contributed by atoms with Crippen LogP contribution in [-0.2, 0) is 15.8 Å². The van der Waals surface area contributed by atoms with E-state index in [0.29, 0.717) is 33.4 Å². The van der Waals surface area contributed by atoms with Crippen LogP contribution in [0.25, 0.3) is 0 Å². The second kappa shape index (κ2) is 10.7. The van der Waals surface area contributed by atoms with Gasteiger partial charge in [-0.25, -0.2) is 18.5 Å². The van der Waals surface area contributed by atoms with Gasteiger partial charge in [0.2, 0.25) is 16.0 Å². The van der Waals surface area contributed by atoms with Crippen molar-refractivity contribution in [2.75, 3.05) is 30.8 Å². The second-order valence-electron chi connectivity index (χ2n) is 8.09. The lowest BCUT2D eigenvalue weighted by atomic mass is 9.90. The molecule has 1 aliphatic rings. The van der Waals surface area contributed by atoms with Crippen LogP contribution in [0.15, 0.2) is 53.1 Å². The van der Waals surface area contributed by atoms with E-state index in [-0.39, 0.29) is 5.75 Å². The molecule has 2 aromatic carbocycles. The van der Waals surface area contributed by atoms with E-state index in [1.54, 1.807) is 37.6 Å². The van der Waals surface area contributed by atoms with Crippen LogP contribution in [0.2, 0.25) is 0 Å². The van der Waals surface area contributed by atoms with Crippen LogP contribution in [0.5, 0.6) is 5.75 Å². The van der Waals surface area contributed by atoms with E-state index in [9.17, 15) is 8.42 Å². The summed E-state index contributed by atoms with van der Waals surface area (Å²) in [5, 5.41) is 15.0. The van der Waals surface area contributed by atoms with E-state index in [2.05, 4.69) is 54.0 Å². The number of hydrogen-bond acceptors (Lipinski definition) is 8. The van der Waals surface area contributed by atoms with Gasteiger partial charge in [-0.05, 0) is 77.1 Å². The van der Waals surface area contributed by atoms with E-state index in [4.69, 9.17) is 9.88 Å². The zero-order valence-electron chi connectivity index (χ0n) is 18.7. The number of nitrogens with two attached hydrogens (primary N) is 1. The Bertz CT molecular complexity index is 1270. The number of ether oxygens (including phenoxy) is 1. The summed E-state index contributed by atoms with van der Waals surface area (Å²) in [6.45, 7) is 2.05. The Labute approximate surface area is 207 Å². The first-order valence-electron chi connectivity index (χ1n) is 10.9.